The van der Waals surface area contributed by atoms with Crippen LogP contribution in [-0.4, -0.2) is 0 Å². The van der Waals surface area contributed by atoms with E-state index in [-0.39, 0.29) is 11.2 Å². The number of hydrogen-bond donors (Lipinski definition) is 0. The number of halogens is 2. The molecule has 0 aliphatic carbocycles. The van der Waals surface area contributed by atoms with Gasteiger partial charge >= 0.3 is 0 Å². The topological polar surface area (TPSA) is 0 Å². The first-order chi connectivity index (χ1) is 8.10. The first-order valence-electron chi connectivity index (χ1n) is 5.60. The molecule has 1 aromatic heterocycles. The summed E-state index contributed by atoms with van der Waals surface area (Å²) in [5, 5.41) is -0.255. The smallest absolute Gasteiger partial charge is 0.123 e. The van der Waals surface area contributed by atoms with Crippen molar-refractivity contribution >= 4 is 22.9 Å². The molecule has 90 valence electrons. The molecule has 0 radical (unpaired) electrons. The largest absolute Gasteiger partial charge is 0.207 e. The fourth-order valence-corrected chi connectivity index (χ4v) is 3.09. The molecule has 0 nitrogen and oxygen atoms in total. The van der Waals surface area contributed by atoms with Gasteiger partial charge in [0.1, 0.15) is 5.82 Å². The Morgan fingerprint density at radius 1 is 1.29 bits per heavy atom. The van der Waals surface area contributed by atoms with Crippen molar-refractivity contribution in [2.24, 2.45) is 0 Å². The Morgan fingerprint density at radius 2 is 2.06 bits per heavy atom. The van der Waals surface area contributed by atoms with Crippen molar-refractivity contribution in [2.75, 3.05) is 0 Å². The Labute approximate surface area is 110 Å². The average molecular weight is 269 g/mol. The van der Waals surface area contributed by atoms with Gasteiger partial charge in [-0.2, -0.15) is 0 Å². The van der Waals surface area contributed by atoms with Crippen molar-refractivity contribution in [1.82, 2.24) is 0 Å². The number of alkyl halides is 1. The van der Waals surface area contributed by atoms with Crippen molar-refractivity contribution in [2.45, 2.75) is 25.6 Å². The molecule has 2 rings (SSSR count). The molecular formula is C14H14ClFS. The van der Waals surface area contributed by atoms with Gasteiger partial charge in [0.2, 0.25) is 0 Å². The average Bonchev–Trinajstić information content (AvgIpc) is 2.75. The molecule has 0 fully saturated rings. The fourth-order valence-electron chi connectivity index (χ4n) is 1.80. The molecule has 17 heavy (non-hydrogen) atoms. The second-order valence-electron chi connectivity index (χ2n) is 4.08. The van der Waals surface area contributed by atoms with Crippen LogP contribution in [0.3, 0.4) is 0 Å². The SMILES string of the molecule is CCc1ccc(C(Cl)c2cc(C)cc(F)c2)s1. The van der Waals surface area contributed by atoms with E-state index in [1.807, 2.05) is 19.1 Å². The van der Waals surface area contributed by atoms with Gasteiger partial charge in [-0.1, -0.05) is 13.0 Å². The Balaban J connectivity index is 2.32. The van der Waals surface area contributed by atoms with Crippen LogP contribution in [0.1, 0.15) is 33.2 Å². The van der Waals surface area contributed by atoms with E-state index in [1.165, 1.54) is 17.0 Å². The van der Waals surface area contributed by atoms with E-state index >= 15 is 0 Å². The minimum atomic E-state index is -0.255. The zero-order valence-electron chi connectivity index (χ0n) is 9.84. The minimum Gasteiger partial charge on any atom is -0.207 e. The maximum atomic E-state index is 13.3. The van der Waals surface area contributed by atoms with Gasteiger partial charge in [0, 0.05) is 9.75 Å². The molecule has 0 saturated heterocycles. The van der Waals surface area contributed by atoms with Crippen LogP contribution >= 0.6 is 22.9 Å². The lowest BCUT2D eigenvalue weighted by atomic mass is 10.1. The first kappa shape index (κ1) is 12.6. The van der Waals surface area contributed by atoms with Crippen LogP contribution in [0.4, 0.5) is 4.39 Å². The second-order valence-corrected chi connectivity index (χ2v) is 5.72. The quantitative estimate of drug-likeness (QED) is 0.681. The van der Waals surface area contributed by atoms with E-state index in [0.717, 1.165) is 22.4 Å². The summed E-state index contributed by atoms with van der Waals surface area (Å²) in [6.07, 6.45) is 1.01. The van der Waals surface area contributed by atoms with E-state index in [0.29, 0.717) is 0 Å². The number of benzene rings is 1. The number of aryl methyl sites for hydroxylation is 2. The lowest BCUT2D eigenvalue weighted by Crippen LogP contribution is -1.92. The summed E-state index contributed by atoms with van der Waals surface area (Å²) >= 11 is 8.08. The highest BCUT2D eigenvalue weighted by molar-refractivity contribution is 7.12. The highest BCUT2D eigenvalue weighted by atomic mass is 35.5. The third-order valence-corrected chi connectivity index (χ3v) is 4.55. The van der Waals surface area contributed by atoms with E-state index in [2.05, 4.69) is 13.0 Å². The predicted octanol–water partition coefficient (Wildman–Crippen LogP) is 5.09. The molecular weight excluding hydrogens is 255 g/mol. The molecule has 3 heteroatoms. The molecule has 1 heterocycles. The van der Waals surface area contributed by atoms with Crippen LogP contribution in [0.5, 0.6) is 0 Å². The molecule has 1 atom stereocenters. The maximum absolute atomic E-state index is 13.3. The van der Waals surface area contributed by atoms with Crippen LogP contribution < -0.4 is 0 Å². The highest BCUT2D eigenvalue weighted by Gasteiger charge is 2.14. The zero-order chi connectivity index (χ0) is 12.4. The summed E-state index contributed by atoms with van der Waals surface area (Å²) in [5.74, 6) is -0.224. The first-order valence-corrected chi connectivity index (χ1v) is 6.85. The van der Waals surface area contributed by atoms with Crippen molar-refractivity contribution in [1.29, 1.82) is 0 Å². The lowest BCUT2D eigenvalue weighted by Gasteiger charge is -2.09. The van der Waals surface area contributed by atoms with Crippen molar-refractivity contribution < 1.29 is 4.39 Å². The number of thiophene rings is 1. The predicted molar refractivity (Wildman–Crippen MR) is 72.5 cm³/mol. The molecule has 0 saturated carbocycles. The standard InChI is InChI=1S/C14H14ClFS/c1-3-12-4-5-13(17-12)14(15)10-6-9(2)7-11(16)8-10/h4-8,14H,3H2,1-2H3. The molecule has 1 aromatic carbocycles. The summed E-state index contributed by atoms with van der Waals surface area (Å²) in [7, 11) is 0. The van der Waals surface area contributed by atoms with Gasteiger partial charge in [0.25, 0.3) is 0 Å². The number of hydrogen-bond acceptors (Lipinski definition) is 1. The molecule has 0 N–H and O–H groups in total. The normalized spacial score (nSPS) is 12.7. The fraction of sp³-hybridized carbons (Fsp3) is 0.286. The molecule has 2 aromatic rings. The number of rotatable bonds is 3. The van der Waals surface area contributed by atoms with Gasteiger partial charge in [-0.25, -0.2) is 4.39 Å². The Kier molecular flexibility index (Phi) is 3.85. The molecule has 0 aliphatic heterocycles. The lowest BCUT2D eigenvalue weighted by molar-refractivity contribution is 0.624. The maximum Gasteiger partial charge on any atom is 0.123 e. The van der Waals surface area contributed by atoms with Gasteiger partial charge in [0.15, 0.2) is 0 Å². The summed E-state index contributed by atoms with van der Waals surface area (Å²) < 4.78 is 13.3. The van der Waals surface area contributed by atoms with Crippen molar-refractivity contribution in [3.63, 3.8) is 0 Å². The molecule has 1 unspecified atom stereocenters. The van der Waals surface area contributed by atoms with Crippen LogP contribution in [0.15, 0.2) is 30.3 Å². The van der Waals surface area contributed by atoms with E-state index in [9.17, 15) is 4.39 Å². The summed E-state index contributed by atoms with van der Waals surface area (Å²) in [6.45, 7) is 3.99. The zero-order valence-corrected chi connectivity index (χ0v) is 11.4. The molecule has 0 spiro atoms. The van der Waals surface area contributed by atoms with Crippen LogP contribution in [0, 0.1) is 12.7 Å². The minimum absolute atomic E-state index is 0.224. The molecule has 0 bridgehead atoms. The van der Waals surface area contributed by atoms with Crippen LogP contribution in [0.25, 0.3) is 0 Å². The van der Waals surface area contributed by atoms with Gasteiger partial charge < -0.3 is 0 Å². The van der Waals surface area contributed by atoms with Gasteiger partial charge in [0.05, 0.1) is 5.38 Å². The van der Waals surface area contributed by atoms with E-state index in [4.69, 9.17) is 11.6 Å². The van der Waals surface area contributed by atoms with Crippen LogP contribution in [-0.2, 0) is 6.42 Å². The van der Waals surface area contributed by atoms with E-state index < -0.39 is 0 Å². The summed E-state index contributed by atoms with van der Waals surface area (Å²) in [4.78, 5) is 2.38. The monoisotopic (exact) mass is 268 g/mol. The van der Waals surface area contributed by atoms with Crippen molar-refractivity contribution in [3.05, 3.63) is 57.0 Å². The summed E-state index contributed by atoms with van der Waals surface area (Å²) in [6, 6.07) is 9.07. The third-order valence-electron chi connectivity index (χ3n) is 2.64. The Bertz CT molecular complexity index is 498. The summed E-state index contributed by atoms with van der Waals surface area (Å²) in [5.41, 5.74) is 1.73. The van der Waals surface area contributed by atoms with E-state index in [1.54, 1.807) is 11.3 Å². The van der Waals surface area contributed by atoms with Crippen molar-refractivity contribution in [3.8, 4) is 0 Å². The van der Waals surface area contributed by atoms with Gasteiger partial charge in [-0.15, -0.1) is 22.9 Å². The van der Waals surface area contributed by atoms with Gasteiger partial charge in [-0.3, -0.25) is 0 Å². The van der Waals surface area contributed by atoms with Gasteiger partial charge in [-0.05, 0) is 48.7 Å². The van der Waals surface area contributed by atoms with Crippen LogP contribution in [0.2, 0.25) is 0 Å². The highest BCUT2D eigenvalue weighted by Crippen LogP contribution is 2.34. The Hall–Kier alpha value is -0.860. The Morgan fingerprint density at radius 3 is 2.65 bits per heavy atom. The molecule has 0 amide bonds. The molecule has 0 aliphatic rings. The third kappa shape index (κ3) is 2.88. The second kappa shape index (κ2) is 5.19.